The molecule has 1 fully saturated rings. The monoisotopic (exact) mass is 265 g/mol. The molecule has 19 heavy (non-hydrogen) atoms. The summed E-state index contributed by atoms with van der Waals surface area (Å²) >= 11 is 0. The maximum absolute atomic E-state index is 12.1. The van der Waals surface area contributed by atoms with E-state index in [0.717, 1.165) is 4.90 Å². The third-order valence-corrected chi connectivity index (χ3v) is 3.14. The van der Waals surface area contributed by atoms with Crippen molar-refractivity contribution in [2.75, 3.05) is 0 Å². The van der Waals surface area contributed by atoms with Crippen molar-refractivity contribution in [3.63, 3.8) is 0 Å². The molecule has 0 unspecified atom stereocenters. The van der Waals surface area contributed by atoms with Crippen molar-refractivity contribution < 1.29 is 18.8 Å². The van der Waals surface area contributed by atoms with E-state index in [4.69, 9.17) is 10.3 Å². The molecule has 0 radical (unpaired) electrons. The van der Waals surface area contributed by atoms with Crippen molar-refractivity contribution in [1.29, 1.82) is 0 Å². The maximum atomic E-state index is 12.1. The number of nitrogens with one attached hydrogen (secondary N) is 1. The number of amides is 3. The summed E-state index contributed by atoms with van der Waals surface area (Å²) in [5.74, 6) is 4.22. The third-order valence-electron chi connectivity index (χ3n) is 3.14. The van der Waals surface area contributed by atoms with Crippen molar-refractivity contribution in [3.8, 4) is 0 Å². The van der Waals surface area contributed by atoms with Gasteiger partial charge in [0.2, 0.25) is 11.8 Å². The van der Waals surface area contributed by atoms with Gasteiger partial charge in [-0.05, 0) is 6.07 Å². The van der Waals surface area contributed by atoms with Crippen LogP contribution in [0.15, 0.2) is 16.7 Å². The van der Waals surface area contributed by atoms with Crippen molar-refractivity contribution >= 4 is 17.7 Å². The molecule has 0 spiro atoms. The molecule has 3 N–H and O–H groups in total. The Labute approximate surface area is 109 Å². The van der Waals surface area contributed by atoms with Gasteiger partial charge < -0.3 is 4.42 Å². The molecule has 7 heteroatoms. The van der Waals surface area contributed by atoms with Crippen LogP contribution in [0.2, 0.25) is 0 Å². The van der Waals surface area contributed by atoms with E-state index in [1.807, 2.05) is 5.43 Å². The second kappa shape index (κ2) is 4.51. The number of nitrogen functional groups attached to an aromatic ring is 1. The van der Waals surface area contributed by atoms with Crippen LogP contribution in [0.5, 0.6) is 0 Å². The number of hydrogen-bond donors (Lipinski definition) is 2. The number of likely N-dealkylation sites (tertiary alicyclic amines) is 1. The maximum Gasteiger partial charge on any atom is 0.268 e. The molecule has 102 valence electrons. The molecule has 0 atom stereocenters. The predicted molar refractivity (Wildman–Crippen MR) is 64.3 cm³/mol. The molecule has 0 bridgehead atoms. The number of carbonyl (C=O) groups is 3. The summed E-state index contributed by atoms with van der Waals surface area (Å²) < 4.78 is 5.15. The van der Waals surface area contributed by atoms with Crippen molar-refractivity contribution in [2.24, 2.45) is 11.3 Å². The summed E-state index contributed by atoms with van der Waals surface area (Å²) in [7, 11) is 0. The average Bonchev–Trinajstić information content (AvgIpc) is 2.87. The fraction of sp³-hybridized carbons (Fsp3) is 0.417. The molecule has 3 amide bonds. The lowest BCUT2D eigenvalue weighted by molar-refractivity contribution is -0.141. The summed E-state index contributed by atoms with van der Waals surface area (Å²) in [6, 6.07) is 1.44. The van der Waals surface area contributed by atoms with E-state index >= 15 is 0 Å². The number of furan rings is 1. The standard InChI is InChI=1S/C12H15N3O4/c1-12(2)5-9(16)15(11(12)18)6-8-7(3-4-19-8)10(17)14-13/h3-4H,5-6,13H2,1-2H3,(H,14,17). The third kappa shape index (κ3) is 2.24. The summed E-state index contributed by atoms with van der Waals surface area (Å²) in [6.45, 7) is 3.36. The molecular weight excluding hydrogens is 250 g/mol. The minimum Gasteiger partial charge on any atom is -0.467 e. The van der Waals surface area contributed by atoms with Gasteiger partial charge in [-0.25, -0.2) is 5.84 Å². The van der Waals surface area contributed by atoms with Crippen LogP contribution < -0.4 is 11.3 Å². The molecule has 2 heterocycles. The van der Waals surface area contributed by atoms with Gasteiger partial charge in [0.05, 0.1) is 23.8 Å². The van der Waals surface area contributed by atoms with Crippen LogP contribution in [-0.4, -0.2) is 22.6 Å². The first-order chi connectivity index (χ1) is 8.86. The number of hydrogen-bond acceptors (Lipinski definition) is 5. The molecule has 1 aromatic heterocycles. The van der Waals surface area contributed by atoms with Gasteiger partial charge in [-0.2, -0.15) is 0 Å². The summed E-state index contributed by atoms with van der Waals surface area (Å²) in [5, 5.41) is 0. The van der Waals surface area contributed by atoms with E-state index in [1.165, 1.54) is 12.3 Å². The van der Waals surface area contributed by atoms with E-state index in [9.17, 15) is 14.4 Å². The fourth-order valence-corrected chi connectivity index (χ4v) is 2.07. The van der Waals surface area contributed by atoms with Crippen molar-refractivity contribution in [1.82, 2.24) is 10.3 Å². The second-order valence-corrected chi connectivity index (χ2v) is 5.08. The van der Waals surface area contributed by atoms with Gasteiger partial charge in [0.25, 0.3) is 5.91 Å². The smallest absolute Gasteiger partial charge is 0.268 e. The Morgan fingerprint density at radius 1 is 1.53 bits per heavy atom. The Morgan fingerprint density at radius 3 is 2.74 bits per heavy atom. The van der Waals surface area contributed by atoms with Crippen LogP contribution in [0.4, 0.5) is 0 Å². The van der Waals surface area contributed by atoms with E-state index < -0.39 is 11.3 Å². The Hall–Kier alpha value is -2.15. The fourth-order valence-electron chi connectivity index (χ4n) is 2.07. The Bertz CT molecular complexity index is 547. The lowest BCUT2D eigenvalue weighted by Gasteiger charge is -2.17. The molecule has 1 saturated heterocycles. The number of carbonyl (C=O) groups excluding carboxylic acids is 3. The topological polar surface area (TPSA) is 106 Å². The van der Waals surface area contributed by atoms with E-state index in [1.54, 1.807) is 13.8 Å². The van der Waals surface area contributed by atoms with Gasteiger partial charge in [0.1, 0.15) is 5.76 Å². The number of nitrogens with two attached hydrogens (primary N) is 1. The Kier molecular flexibility index (Phi) is 3.15. The molecule has 0 saturated carbocycles. The Morgan fingerprint density at radius 2 is 2.21 bits per heavy atom. The highest BCUT2D eigenvalue weighted by molar-refractivity contribution is 6.05. The molecule has 1 aliphatic heterocycles. The van der Waals surface area contributed by atoms with Gasteiger partial charge in [0.15, 0.2) is 0 Å². The Balaban J connectivity index is 2.23. The van der Waals surface area contributed by atoms with E-state index in [-0.39, 0.29) is 36.1 Å². The highest BCUT2D eigenvalue weighted by Crippen LogP contribution is 2.32. The quantitative estimate of drug-likeness (QED) is 0.351. The number of imide groups is 1. The lowest BCUT2D eigenvalue weighted by atomic mass is 9.92. The first-order valence-electron chi connectivity index (χ1n) is 5.79. The second-order valence-electron chi connectivity index (χ2n) is 5.08. The SMILES string of the molecule is CC1(C)CC(=O)N(Cc2occc2C(=O)NN)C1=O. The normalized spacial score (nSPS) is 17.9. The molecule has 7 nitrogen and oxygen atoms in total. The molecular formula is C12H15N3O4. The average molecular weight is 265 g/mol. The zero-order chi connectivity index (χ0) is 14.2. The lowest BCUT2D eigenvalue weighted by Crippen LogP contribution is -2.34. The number of rotatable bonds is 3. The minimum absolute atomic E-state index is 0.0587. The summed E-state index contributed by atoms with van der Waals surface area (Å²) in [6.07, 6.45) is 1.47. The minimum atomic E-state index is -0.708. The molecule has 2 rings (SSSR count). The van der Waals surface area contributed by atoms with Gasteiger partial charge in [-0.3, -0.25) is 24.7 Å². The van der Waals surface area contributed by atoms with E-state index in [0.29, 0.717) is 0 Å². The van der Waals surface area contributed by atoms with E-state index in [2.05, 4.69) is 0 Å². The molecule has 0 aromatic carbocycles. The van der Waals surface area contributed by atoms with Crippen molar-refractivity contribution in [2.45, 2.75) is 26.8 Å². The van der Waals surface area contributed by atoms with Crippen LogP contribution in [0.1, 0.15) is 36.4 Å². The number of hydrazine groups is 1. The predicted octanol–water partition coefficient (Wildman–Crippen LogP) is 0.168. The largest absolute Gasteiger partial charge is 0.467 e. The van der Waals surface area contributed by atoms with Crippen LogP contribution in [0.25, 0.3) is 0 Å². The van der Waals surface area contributed by atoms with Crippen LogP contribution in [-0.2, 0) is 16.1 Å². The van der Waals surface area contributed by atoms with Gasteiger partial charge >= 0.3 is 0 Å². The summed E-state index contributed by atoms with van der Waals surface area (Å²) in [4.78, 5) is 36.4. The van der Waals surface area contributed by atoms with Gasteiger partial charge in [-0.15, -0.1) is 0 Å². The number of nitrogens with zero attached hydrogens (tertiary/aromatic N) is 1. The van der Waals surface area contributed by atoms with Crippen molar-refractivity contribution in [3.05, 3.63) is 23.7 Å². The zero-order valence-electron chi connectivity index (χ0n) is 10.7. The first kappa shape index (κ1) is 13.3. The van der Waals surface area contributed by atoms with Gasteiger partial charge in [0, 0.05) is 6.42 Å². The molecule has 1 aromatic rings. The highest BCUT2D eigenvalue weighted by atomic mass is 16.3. The molecule has 0 aliphatic carbocycles. The van der Waals surface area contributed by atoms with Crippen LogP contribution in [0, 0.1) is 5.41 Å². The zero-order valence-corrected chi connectivity index (χ0v) is 10.7. The molecule has 1 aliphatic rings. The summed E-state index contributed by atoms with van der Waals surface area (Å²) in [5.41, 5.74) is 1.49. The first-order valence-corrected chi connectivity index (χ1v) is 5.79. The highest BCUT2D eigenvalue weighted by Gasteiger charge is 2.45. The van der Waals surface area contributed by atoms with Gasteiger partial charge in [-0.1, -0.05) is 13.8 Å². The van der Waals surface area contributed by atoms with Crippen LogP contribution >= 0.6 is 0 Å². The van der Waals surface area contributed by atoms with Crippen LogP contribution in [0.3, 0.4) is 0 Å².